The van der Waals surface area contributed by atoms with Crippen molar-refractivity contribution in [2.75, 3.05) is 6.61 Å². The standard InChI is InChI=1S/C20H17F3N2O/c1-13-24-16(12-26-13)9-14-11-25(19-8-3-2-7-18(14)19)17-6-4-5-15(10-17)20(21,22)23/h2-8,10-11,16H,9,12H2,1H3. The van der Waals surface area contributed by atoms with E-state index in [9.17, 15) is 13.2 Å². The van der Waals surface area contributed by atoms with Crippen molar-refractivity contribution in [1.29, 1.82) is 0 Å². The molecule has 26 heavy (non-hydrogen) atoms. The van der Waals surface area contributed by atoms with Crippen molar-refractivity contribution in [3.05, 3.63) is 65.9 Å². The Morgan fingerprint density at radius 2 is 1.96 bits per heavy atom. The second kappa shape index (κ2) is 6.20. The first-order chi connectivity index (χ1) is 12.4. The second-order valence-electron chi connectivity index (χ2n) is 6.41. The third kappa shape index (κ3) is 3.07. The Labute approximate surface area is 148 Å². The van der Waals surface area contributed by atoms with Gasteiger partial charge in [-0.1, -0.05) is 24.3 Å². The summed E-state index contributed by atoms with van der Waals surface area (Å²) in [6.45, 7) is 2.36. The molecule has 0 fully saturated rings. The molecule has 2 aromatic carbocycles. The summed E-state index contributed by atoms with van der Waals surface area (Å²) in [5, 5.41) is 1.02. The van der Waals surface area contributed by atoms with E-state index in [1.165, 1.54) is 12.1 Å². The fraction of sp³-hybridized carbons (Fsp3) is 0.250. The summed E-state index contributed by atoms with van der Waals surface area (Å²) in [6, 6.07) is 13.1. The van der Waals surface area contributed by atoms with Crippen LogP contribution in [0.4, 0.5) is 13.2 Å². The molecule has 0 radical (unpaired) electrons. The Morgan fingerprint density at radius 1 is 1.15 bits per heavy atom. The zero-order valence-corrected chi connectivity index (χ0v) is 14.1. The summed E-state index contributed by atoms with van der Waals surface area (Å²) >= 11 is 0. The Bertz CT molecular complexity index is 988. The van der Waals surface area contributed by atoms with E-state index >= 15 is 0 Å². The number of rotatable bonds is 3. The lowest BCUT2D eigenvalue weighted by Crippen LogP contribution is -2.09. The van der Waals surface area contributed by atoms with Crippen LogP contribution in [0.2, 0.25) is 0 Å². The van der Waals surface area contributed by atoms with Crippen molar-refractivity contribution >= 4 is 16.8 Å². The van der Waals surface area contributed by atoms with Crippen LogP contribution in [0.25, 0.3) is 16.6 Å². The maximum atomic E-state index is 13.1. The number of alkyl halides is 3. The van der Waals surface area contributed by atoms with Gasteiger partial charge in [0.05, 0.1) is 17.1 Å². The highest BCUT2D eigenvalue weighted by atomic mass is 19.4. The van der Waals surface area contributed by atoms with E-state index in [4.69, 9.17) is 4.74 Å². The fourth-order valence-corrected chi connectivity index (χ4v) is 3.37. The molecule has 0 saturated carbocycles. The van der Waals surface area contributed by atoms with Crippen molar-refractivity contribution in [3.63, 3.8) is 0 Å². The predicted molar refractivity (Wildman–Crippen MR) is 94.8 cm³/mol. The number of aromatic nitrogens is 1. The van der Waals surface area contributed by atoms with E-state index in [0.29, 0.717) is 24.6 Å². The van der Waals surface area contributed by atoms with Crippen molar-refractivity contribution in [3.8, 4) is 5.69 Å². The minimum absolute atomic E-state index is 0.0377. The lowest BCUT2D eigenvalue weighted by atomic mass is 10.1. The maximum absolute atomic E-state index is 13.1. The van der Waals surface area contributed by atoms with E-state index < -0.39 is 11.7 Å². The molecule has 1 atom stereocenters. The number of hydrogen-bond donors (Lipinski definition) is 0. The molecule has 3 nitrogen and oxygen atoms in total. The molecule has 1 aliphatic heterocycles. The van der Waals surface area contributed by atoms with Crippen molar-refractivity contribution in [1.82, 2.24) is 4.57 Å². The molecule has 0 amide bonds. The van der Waals surface area contributed by atoms with E-state index in [2.05, 4.69) is 4.99 Å². The smallest absolute Gasteiger partial charge is 0.416 e. The molecule has 1 aromatic heterocycles. The van der Waals surface area contributed by atoms with E-state index in [-0.39, 0.29) is 6.04 Å². The number of benzene rings is 2. The first-order valence-corrected chi connectivity index (χ1v) is 8.35. The van der Waals surface area contributed by atoms with Crippen LogP contribution in [-0.4, -0.2) is 23.1 Å². The molecule has 2 heterocycles. The second-order valence-corrected chi connectivity index (χ2v) is 6.41. The Hall–Kier alpha value is -2.76. The molecule has 0 saturated heterocycles. The third-order valence-corrected chi connectivity index (χ3v) is 4.55. The van der Waals surface area contributed by atoms with Gasteiger partial charge in [-0.15, -0.1) is 0 Å². The van der Waals surface area contributed by atoms with Gasteiger partial charge >= 0.3 is 6.18 Å². The van der Waals surface area contributed by atoms with Gasteiger partial charge in [-0.2, -0.15) is 13.2 Å². The lowest BCUT2D eigenvalue weighted by molar-refractivity contribution is -0.137. The molecule has 1 unspecified atom stereocenters. The maximum Gasteiger partial charge on any atom is 0.416 e. The van der Waals surface area contributed by atoms with Gasteiger partial charge in [0, 0.05) is 30.6 Å². The van der Waals surface area contributed by atoms with Gasteiger partial charge in [0.1, 0.15) is 6.61 Å². The van der Waals surface area contributed by atoms with Crippen LogP contribution in [0.3, 0.4) is 0 Å². The van der Waals surface area contributed by atoms with Crippen LogP contribution < -0.4 is 0 Å². The zero-order valence-electron chi connectivity index (χ0n) is 14.1. The summed E-state index contributed by atoms with van der Waals surface area (Å²) in [5.41, 5.74) is 1.76. The molecule has 134 valence electrons. The number of aliphatic imine (C=N–C) groups is 1. The summed E-state index contributed by atoms with van der Waals surface area (Å²) in [4.78, 5) is 4.46. The number of para-hydroxylation sites is 1. The van der Waals surface area contributed by atoms with Gasteiger partial charge in [0.25, 0.3) is 0 Å². The third-order valence-electron chi connectivity index (χ3n) is 4.55. The molecule has 0 spiro atoms. The van der Waals surface area contributed by atoms with E-state index in [0.717, 1.165) is 22.5 Å². The van der Waals surface area contributed by atoms with Crippen LogP contribution >= 0.6 is 0 Å². The van der Waals surface area contributed by atoms with E-state index in [1.54, 1.807) is 6.07 Å². The van der Waals surface area contributed by atoms with Crippen LogP contribution in [0, 0.1) is 0 Å². The van der Waals surface area contributed by atoms with E-state index in [1.807, 2.05) is 42.0 Å². The van der Waals surface area contributed by atoms with Gasteiger partial charge < -0.3 is 9.30 Å². The minimum Gasteiger partial charge on any atom is -0.479 e. The quantitative estimate of drug-likeness (QED) is 0.646. The van der Waals surface area contributed by atoms with Gasteiger partial charge in [-0.25, -0.2) is 4.99 Å². The average Bonchev–Trinajstić information content (AvgIpc) is 3.19. The first-order valence-electron chi connectivity index (χ1n) is 8.35. The number of nitrogens with zero attached hydrogens (tertiary/aromatic N) is 2. The molecule has 0 N–H and O–H groups in total. The van der Waals surface area contributed by atoms with Crippen molar-refractivity contribution in [2.24, 2.45) is 4.99 Å². The monoisotopic (exact) mass is 358 g/mol. The Kier molecular flexibility index (Phi) is 3.98. The SMILES string of the molecule is CC1=NC(Cc2cn(-c3cccc(C(F)(F)F)c3)c3ccccc23)CO1. The summed E-state index contributed by atoms with van der Waals surface area (Å²) in [6.07, 6.45) is -1.78. The molecular weight excluding hydrogens is 341 g/mol. The van der Waals surface area contributed by atoms with Crippen molar-refractivity contribution in [2.45, 2.75) is 25.6 Å². The first kappa shape index (κ1) is 16.7. The van der Waals surface area contributed by atoms with Crippen molar-refractivity contribution < 1.29 is 17.9 Å². The van der Waals surface area contributed by atoms with Gasteiger partial charge in [-0.3, -0.25) is 0 Å². The molecule has 0 bridgehead atoms. The van der Waals surface area contributed by atoms with Crippen LogP contribution in [0.1, 0.15) is 18.1 Å². The highest BCUT2D eigenvalue weighted by Gasteiger charge is 2.30. The average molecular weight is 358 g/mol. The van der Waals surface area contributed by atoms with Crippen LogP contribution in [-0.2, 0) is 17.3 Å². The summed E-state index contributed by atoms with van der Waals surface area (Å²) < 4.78 is 46.4. The minimum atomic E-state index is -4.37. The van der Waals surface area contributed by atoms with Gasteiger partial charge in [0.2, 0.25) is 0 Å². The van der Waals surface area contributed by atoms with Crippen LogP contribution in [0.5, 0.6) is 0 Å². The largest absolute Gasteiger partial charge is 0.479 e. The predicted octanol–water partition coefficient (Wildman–Crippen LogP) is 5.01. The molecular formula is C20H17F3N2O. The molecule has 0 aliphatic carbocycles. The normalized spacial score (nSPS) is 17.4. The molecule has 1 aliphatic rings. The number of halogens is 3. The topological polar surface area (TPSA) is 26.5 Å². The summed E-state index contributed by atoms with van der Waals surface area (Å²) in [5.74, 6) is 0.677. The molecule has 4 rings (SSSR count). The highest BCUT2D eigenvalue weighted by Crippen LogP contribution is 2.32. The fourth-order valence-electron chi connectivity index (χ4n) is 3.37. The van der Waals surface area contributed by atoms with Gasteiger partial charge in [0.15, 0.2) is 5.90 Å². The molecule has 6 heteroatoms. The van der Waals surface area contributed by atoms with Crippen LogP contribution in [0.15, 0.2) is 59.7 Å². The zero-order chi connectivity index (χ0) is 18.3. The highest BCUT2D eigenvalue weighted by molar-refractivity contribution is 5.86. The lowest BCUT2D eigenvalue weighted by Gasteiger charge is -2.10. The Balaban J connectivity index is 1.79. The number of fused-ring (bicyclic) bond motifs is 1. The number of ether oxygens (including phenoxy) is 1. The molecule has 3 aromatic rings. The summed E-state index contributed by atoms with van der Waals surface area (Å²) in [7, 11) is 0. The van der Waals surface area contributed by atoms with Gasteiger partial charge in [-0.05, 0) is 29.8 Å². The Morgan fingerprint density at radius 3 is 2.69 bits per heavy atom. The number of hydrogen-bond acceptors (Lipinski definition) is 2.